The van der Waals surface area contributed by atoms with Gasteiger partial charge in [0.2, 0.25) is 6.41 Å². The van der Waals surface area contributed by atoms with Gasteiger partial charge in [-0.2, -0.15) is 0 Å². The molecule has 1 aliphatic carbocycles. The lowest BCUT2D eigenvalue weighted by atomic mass is 9.89. The van der Waals surface area contributed by atoms with Crippen LogP contribution in [0.4, 0.5) is 0 Å². The van der Waals surface area contributed by atoms with E-state index >= 15 is 0 Å². The lowest BCUT2D eigenvalue weighted by molar-refractivity contribution is -0.117. The van der Waals surface area contributed by atoms with E-state index in [0.717, 1.165) is 18.9 Å². The molecular formula is C9H17NO. The van der Waals surface area contributed by atoms with Crippen molar-refractivity contribution in [2.45, 2.75) is 32.1 Å². The molecular weight excluding hydrogens is 138 g/mol. The summed E-state index contributed by atoms with van der Waals surface area (Å²) in [6.45, 7) is 0.962. The Labute approximate surface area is 68.6 Å². The van der Waals surface area contributed by atoms with Crippen molar-refractivity contribution in [2.24, 2.45) is 5.92 Å². The summed E-state index contributed by atoms with van der Waals surface area (Å²) in [6, 6.07) is 0. The van der Waals surface area contributed by atoms with Gasteiger partial charge in [-0.1, -0.05) is 19.3 Å². The highest BCUT2D eigenvalue weighted by Crippen LogP contribution is 2.23. The number of carbonyl (C=O) groups is 1. The van der Waals surface area contributed by atoms with Crippen molar-refractivity contribution in [2.75, 3.05) is 13.6 Å². The second-order valence-corrected chi connectivity index (χ2v) is 3.55. The van der Waals surface area contributed by atoms with Gasteiger partial charge in [0.1, 0.15) is 0 Å². The predicted molar refractivity (Wildman–Crippen MR) is 45.3 cm³/mol. The van der Waals surface area contributed by atoms with Gasteiger partial charge >= 0.3 is 0 Å². The molecule has 11 heavy (non-hydrogen) atoms. The van der Waals surface area contributed by atoms with Crippen LogP contribution in [0, 0.1) is 5.92 Å². The van der Waals surface area contributed by atoms with Gasteiger partial charge in [0.15, 0.2) is 0 Å². The number of hydrogen-bond donors (Lipinski definition) is 0. The quantitative estimate of drug-likeness (QED) is 0.567. The van der Waals surface area contributed by atoms with E-state index in [-0.39, 0.29) is 0 Å². The molecule has 2 nitrogen and oxygen atoms in total. The van der Waals surface area contributed by atoms with Crippen LogP contribution in [0.5, 0.6) is 0 Å². The molecule has 0 heterocycles. The molecule has 0 aromatic carbocycles. The van der Waals surface area contributed by atoms with Gasteiger partial charge in [0, 0.05) is 13.6 Å². The van der Waals surface area contributed by atoms with Gasteiger partial charge in [-0.25, -0.2) is 0 Å². The summed E-state index contributed by atoms with van der Waals surface area (Å²) >= 11 is 0. The van der Waals surface area contributed by atoms with Crippen molar-refractivity contribution < 1.29 is 4.79 Å². The molecule has 0 spiro atoms. The molecule has 0 radical (unpaired) electrons. The zero-order valence-electron chi connectivity index (χ0n) is 7.25. The topological polar surface area (TPSA) is 20.3 Å². The summed E-state index contributed by atoms with van der Waals surface area (Å²) in [5.74, 6) is 0.777. The fourth-order valence-electron chi connectivity index (χ4n) is 1.82. The lowest BCUT2D eigenvalue weighted by Gasteiger charge is -2.24. The van der Waals surface area contributed by atoms with Crippen LogP contribution >= 0.6 is 0 Å². The fourth-order valence-corrected chi connectivity index (χ4v) is 1.82. The van der Waals surface area contributed by atoms with Crippen molar-refractivity contribution in [3.05, 3.63) is 0 Å². The monoisotopic (exact) mass is 155 g/mol. The molecule has 0 bridgehead atoms. The second-order valence-electron chi connectivity index (χ2n) is 3.55. The third kappa shape index (κ3) is 2.91. The maximum absolute atomic E-state index is 10.3. The SMILES string of the molecule is CN(C=O)CC1CCCCC1. The molecule has 1 aliphatic rings. The number of nitrogens with zero attached hydrogens (tertiary/aromatic N) is 1. The summed E-state index contributed by atoms with van der Waals surface area (Å²) in [5, 5.41) is 0. The van der Waals surface area contributed by atoms with E-state index in [2.05, 4.69) is 0 Å². The first-order valence-electron chi connectivity index (χ1n) is 4.48. The molecule has 64 valence electrons. The zero-order valence-corrected chi connectivity index (χ0v) is 7.25. The number of rotatable bonds is 3. The van der Waals surface area contributed by atoms with Crippen LogP contribution in [0.25, 0.3) is 0 Å². The zero-order chi connectivity index (χ0) is 8.10. The van der Waals surface area contributed by atoms with Crippen LogP contribution in [0.3, 0.4) is 0 Å². The minimum atomic E-state index is 0.777. The van der Waals surface area contributed by atoms with Gasteiger partial charge in [0.05, 0.1) is 0 Å². The van der Waals surface area contributed by atoms with Gasteiger partial charge in [-0.3, -0.25) is 4.79 Å². The van der Waals surface area contributed by atoms with E-state index in [1.54, 1.807) is 4.90 Å². The molecule has 0 aromatic rings. The number of hydrogen-bond acceptors (Lipinski definition) is 1. The standard InChI is InChI=1S/C9H17NO/c1-10(8-11)7-9-5-3-2-4-6-9/h8-9H,2-7H2,1H3. The van der Waals surface area contributed by atoms with Crippen molar-refractivity contribution in [3.8, 4) is 0 Å². The third-order valence-electron chi connectivity index (χ3n) is 2.45. The first-order chi connectivity index (χ1) is 5.33. The lowest BCUT2D eigenvalue weighted by Crippen LogP contribution is -2.25. The second kappa shape index (κ2) is 4.37. The normalized spacial score (nSPS) is 19.7. The third-order valence-corrected chi connectivity index (χ3v) is 2.45. The molecule has 0 aromatic heterocycles. The summed E-state index contributed by atoms with van der Waals surface area (Å²) in [5.41, 5.74) is 0. The largest absolute Gasteiger partial charge is 0.348 e. The van der Waals surface area contributed by atoms with Gasteiger partial charge in [0.25, 0.3) is 0 Å². The van der Waals surface area contributed by atoms with E-state index in [4.69, 9.17) is 0 Å². The van der Waals surface area contributed by atoms with Crippen molar-refractivity contribution in [1.82, 2.24) is 4.90 Å². The smallest absolute Gasteiger partial charge is 0.209 e. The van der Waals surface area contributed by atoms with E-state index in [1.165, 1.54) is 32.1 Å². The fraction of sp³-hybridized carbons (Fsp3) is 0.889. The molecule has 0 saturated heterocycles. The summed E-state index contributed by atoms with van der Waals surface area (Å²) in [7, 11) is 1.86. The van der Waals surface area contributed by atoms with Crippen LogP contribution in [0.1, 0.15) is 32.1 Å². The summed E-state index contributed by atoms with van der Waals surface area (Å²) < 4.78 is 0. The van der Waals surface area contributed by atoms with E-state index in [9.17, 15) is 4.79 Å². The molecule has 2 heteroatoms. The Balaban J connectivity index is 2.18. The van der Waals surface area contributed by atoms with E-state index in [1.807, 2.05) is 7.05 Å². The molecule has 0 N–H and O–H groups in total. The molecule has 0 atom stereocenters. The molecule has 1 saturated carbocycles. The molecule has 1 fully saturated rings. The van der Waals surface area contributed by atoms with Crippen LogP contribution in [-0.4, -0.2) is 24.9 Å². The Morgan fingerprint density at radius 2 is 2.00 bits per heavy atom. The van der Waals surface area contributed by atoms with E-state index in [0.29, 0.717) is 0 Å². The van der Waals surface area contributed by atoms with Crippen LogP contribution in [-0.2, 0) is 4.79 Å². The molecule has 0 unspecified atom stereocenters. The highest BCUT2D eigenvalue weighted by Gasteiger charge is 2.14. The average molecular weight is 155 g/mol. The van der Waals surface area contributed by atoms with Crippen LogP contribution in [0.2, 0.25) is 0 Å². The Morgan fingerprint density at radius 1 is 1.36 bits per heavy atom. The van der Waals surface area contributed by atoms with E-state index < -0.39 is 0 Å². The highest BCUT2D eigenvalue weighted by molar-refractivity contribution is 5.46. The maximum atomic E-state index is 10.3. The Morgan fingerprint density at radius 3 is 2.55 bits per heavy atom. The minimum Gasteiger partial charge on any atom is -0.348 e. The summed E-state index contributed by atoms with van der Waals surface area (Å²) in [4.78, 5) is 12.1. The van der Waals surface area contributed by atoms with Crippen LogP contribution in [0.15, 0.2) is 0 Å². The summed E-state index contributed by atoms with van der Waals surface area (Å²) in [6.07, 6.45) is 7.67. The molecule has 1 rings (SSSR count). The average Bonchev–Trinajstić information content (AvgIpc) is 2.06. The van der Waals surface area contributed by atoms with Crippen LogP contribution < -0.4 is 0 Å². The predicted octanol–water partition coefficient (Wildman–Crippen LogP) is 1.65. The molecule has 1 amide bonds. The first-order valence-corrected chi connectivity index (χ1v) is 4.48. The maximum Gasteiger partial charge on any atom is 0.209 e. The highest BCUT2D eigenvalue weighted by atomic mass is 16.1. The first kappa shape index (κ1) is 8.57. The van der Waals surface area contributed by atoms with Gasteiger partial charge in [-0.15, -0.1) is 0 Å². The Kier molecular flexibility index (Phi) is 3.40. The van der Waals surface area contributed by atoms with Crippen molar-refractivity contribution in [3.63, 3.8) is 0 Å². The molecule has 0 aliphatic heterocycles. The number of amides is 1. The Hall–Kier alpha value is -0.530. The van der Waals surface area contributed by atoms with Crippen molar-refractivity contribution >= 4 is 6.41 Å². The number of carbonyl (C=O) groups excluding carboxylic acids is 1. The van der Waals surface area contributed by atoms with Gasteiger partial charge in [-0.05, 0) is 18.8 Å². The van der Waals surface area contributed by atoms with Gasteiger partial charge < -0.3 is 4.90 Å². The van der Waals surface area contributed by atoms with Crippen molar-refractivity contribution in [1.29, 1.82) is 0 Å². The Bertz CT molecular complexity index is 119. The minimum absolute atomic E-state index is 0.777.